The molecule has 9 nitrogen and oxygen atoms in total. The molecule has 0 spiro atoms. The lowest BCUT2D eigenvalue weighted by Gasteiger charge is -2.11. The number of rotatable bonds is 5. The first-order chi connectivity index (χ1) is 9.74. The quantitative estimate of drug-likeness (QED) is 0.506. The topological polar surface area (TPSA) is 144 Å². The minimum atomic E-state index is -4.04. The molecule has 0 fully saturated rings. The molecule has 2 rings (SSSR count). The molecule has 4 N–H and O–H groups in total. The molecule has 0 aliphatic heterocycles. The Bertz CT molecular complexity index is 846. The van der Waals surface area contributed by atoms with Crippen molar-refractivity contribution >= 4 is 42.1 Å². The summed E-state index contributed by atoms with van der Waals surface area (Å²) < 4.78 is 53.5. The van der Waals surface area contributed by atoms with Crippen LogP contribution in [0.15, 0.2) is 34.2 Å². The monoisotopic (exact) mass is 349 g/mol. The lowest BCUT2D eigenvalue weighted by molar-refractivity contribution is 0.600. The summed E-state index contributed by atoms with van der Waals surface area (Å²) in [4.78, 5) is -0.425. The van der Waals surface area contributed by atoms with Crippen molar-refractivity contribution in [3.8, 4) is 0 Å². The van der Waals surface area contributed by atoms with Crippen LogP contribution in [-0.4, -0.2) is 32.7 Å². The van der Waals surface area contributed by atoms with Gasteiger partial charge in [0.25, 0.3) is 10.0 Å². The van der Waals surface area contributed by atoms with Gasteiger partial charge in [0.05, 0.1) is 16.8 Å². The number of aromatic nitrogens is 2. The predicted molar refractivity (Wildman–Crippen MR) is 78.1 cm³/mol. The number of hydrogen-bond acceptors (Lipinski definition) is 9. The van der Waals surface area contributed by atoms with Gasteiger partial charge >= 0.3 is 0 Å². The molecule has 0 unspecified atom stereocenters. The van der Waals surface area contributed by atoms with Gasteiger partial charge in [0.1, 0.15) is 9.90 Å². The second-order valence-electron chi connectivity index (χ2n) is 3.96. The third-order valence-electron chi connectivity index (χ3n) is 2.42. The number of sulfonamides is 1. The van der Waals surface area contributed by atoms with Crippen molar-refractivity contribution in [1.29, 1.82) is 0 Å². The molecule has 1 aromatic carbocycles. The van der Waals surface area contributed by atoms with E-state index < -0.39 is 19.9 Å². The molecule has 1 aromatic heterocycles. The van der Waals surface area contributed by atoms with E-state index >= 15 is 0 Å². The lowest BCUT2D eigenvalue weighted by atomic mass is 10.3. The van der Waals surface area contributed by atoms with Crippen LogP contribution in [0.25, 0.3) is 0 Å². The number of nitrogens with zero attached hydrogens (tertiary/aromatic N) is 2. The Labute approximate surface area is 125 Å². The van der Waals surface area contributed by atoms with E-state index in [1.165, 1.54) is 18.3 Å². The fourth-order valence-corrected chi connectivity index (χ4v) is 4.08. The summed E-state index contributed by atoms with van der Waals surface area (Å²) in [7, 11) is -7.59. The predicted octanol–water partition coefficient (Wildman–Crippen LogP) is 0.0280. The third-order valence-corrected chi connectivity index (χ3v) is 5.65. The minimum absolute atomic E-state index is 0.0624. The number of nitrogen functional groups attached to an aromatic ring is 1. The van der Waals surface area contributed by atoms with Gasteiger partial charge in [0.2, 0.25) is 0 Å². The number of nitrogens with one attached hydrogen (secondary N) is 2. The van der Waals surface area contributed by atoms with Gasteiger partial charge in [-0.05, 0) is 18.2 Å². The zero-order chi connectivity index (χ0) is 15.7. The van der Waals surface area contributed by atoms with Gasteiger partial charge in [0.15, 0.2) is 9.84 Å². The number of anilines is 2. The molecule has 1 heterocycles. The molecular weight excluding hydrogens is 338 g/mol. The first kappa shape index (κ1) is 15.6. The van der Waals surface area contributed by atoms with Crippen LogP contribution >= 0.6 is 11.5 Å². The van der Waals surface area contributed by atoms with Gasteiger partial charge < -0.3 is 5.43 Å². The van der Waals surface area contributed by atoms with E-state index in [1.807, 2.05) is 0 Å². The average molecular weight is 349 g/mol. The van der Waals surface area contributed by atoms with E-state index in [9.17, 15) is 16.8 Å². The molecule has 0 atom stereocenters. The number of hydrogen-bond donors (Lipinski definition) is 3. The Morgan fingerprint density at radius 2 is 1.95 bits per heavy atom. The van der Waals surface area contributed by atoms with Crippen molar-refractivity contribution in [2.24, 2.45) is 5.84 Å². The summed E-state index contributed by atoms with van der Waals surface area (Å²) in [5.41, 5.74) is 2.28. The smallest absolute Gasteiger partial charge is 0.264 e. The largest absolute Gasteiger partial charge is 0.323 e. The van der Waals surface area contributed by atoms with Gasteiger partial charge in [-0.3, -0.25) is 10.6 Å². The van der Waals surface area contributed by atoms with Crippen LogP contribution in [0.2, 0.25) is 0 Å². The highest BCUT2D eigenvalue weighted by atomic mass is 32.2. The average Bonchev–Trinajstić information content (AvgIpc) is 2.89. The van der Waals surface area contributed by atoms with Gasteiger partial charge in [-0.2, -0.15) is 0 Å². The highest BCUT2D eigenvalue weighted by Crippen LogP contribution is 2.26. The highest BCUT2D eigenvalue weighted by molar-refractivity contribution is 7.93. The Kier molecular flexibility index (Phi) is 4.13. The maximum atomic E-state index is 12.3. The number of benzene rings is 1. The number of nitrogens with two attached hydrogens (primary N) is 1. The van der Waals surface area contributed by atoms with Gasteiger partial charge in [-0.1, -0.05) is 4.49 Å². The summed E-state index contributed by atoms with van der Waals surface area (Å²) in [5.74, 6) is 5.27. The normalized spacial score (nSPS) is 12.1. The third kappa shape index (κ3) is 3.47. The van der Waals surface area contributed by atoms with Crippen LogP contribution in [0.5, 0.6) is 0 Å². The zero-order valence-electron chi connectivity index (χ0n) is 10.6. The van der Waals surface area contributed by atoms with Crippen LogP contribution in [-0.2, 0) is 19.9 Å². The minimum Gasteiger partial charge on any atom is -0.323 e. The summed E-state index contributed by atoms with van der Waals surface area (Å²) in [5, 5.41) is 3.70. The Morgan fingerprint density at radius 3 is 2.48 bits per heavy atom. The van der Waals surface area contributed by atoms with E-state index in [0.29, 0.717) is 0 Å². The standard InChI is InChI=1S/C9H11N5O4S3/c1-20(15,16)6-2-3-7(12-10)8(4-6)21(17,18)13-9-5-11-14-19-9/h2-5,12-13H,10H2,1H3. The highest BCUT2D eigenvalue weighted by Gasteiger charge is 2.22. The molecule has 0 aliphatic carbocycles. The van der Waals surface area contributed by atoms with Crippen molar-refractivity contribution in [2.45, 2.75) is 9.79 Å². The van der Waals surface area contributed by atoms with E-state index in [1.54, 1.807) is 0 Å². The van der Waals surface area contributed by atoms with Crippen molar-refractivity contribution in [3.05, 3.63) is 24.4 Å². The van der Waals surface area contributed by atoms with Crippen molar-refractivity contribution in [2.75, 3.05) is 16.4 Å². The molecule has 0 bridgehead atoms. The summed E-state index contributed by atoms with van der Waals surface area (Å²) in [6.07, 6.45) is 2.22. The van der Waals surface area contributed by atoms with Crippen LogP contribution < -0.4 is 16.0 Å². The molecule has 0 aliphatic rings. The van der Waals surface area contributed by atoms with E-state index in [0.717, 1.165) is 23.9 Å². The fraction of sp³-hybridized carbons (Fsp3) is 0.111. The molecule has 0 saturated carbocycles. The Morgan fingerprint density at radius 1 is 1.24 bits per heavy atom. The maximum Gasteiger partial charge on any atom is 0.264 e. The summed E-state index contributed by atoms with van der Waals surface area (Å²) in [6.45, 7) is 0. The van der Waals surface area contributed by atoms with E-state index in [-0.39, 0.29) is 20.5 Å². The summed E-state index contributed by atoms with van der Waals surface area (Å²) >= 11 is 0.846. The lowest BCUT2D eigenvalue weighted by Crippen LogP contribution is -2.18. The van der Waals surface area contributed by atoms with Crippen LogP contribution in [0.4, 0.5) is 10.7 Å². The van der Waals surface area contributed by atoms with Crippen molar-refractivity contribution in [3.63, 3.8) is 0 Å². The fourth-order valence-electron chi connectivity index (χ4n) is 1.47. The van der Waals surface area contributed by atoms with Crippen LogP contribution in [0, 0.1) is 0 Å². The van der Waals surface area contributed by atoms with Crippen LogP contribution in [0.1, 0.15) is 0 Å². The molecular formula is C9H11N5O4S3. The van der Waals surface area contributed by atoms with Crippen LogP contribution in [0.3, 0.4) is 0 Å². The molecule has 114 valence electrons. The molecule has 2 aromatic rings. The van der Waals surface area contributed by atoms with Gasteiger partial charge in [0, 0.05) is 17.8 Å². The van der Waals surface area contributed by atoms with Gasteiger partial charge in [-0.25, -0.2) is 16.8 Å². The molecule has 0 saturated heterocycles. The molecule has 12 heteroatoms. The second-order valence-corrected chi connectivity index (χ2v) is 8.41. The van der Waals surface area contributed by atoms with Gasteiger partial charge in [-0.15, -0.1) is 5.10 Å². The van der Waals surface area contributed by atoms with Crippen molar-refractivity contribution < 1.29 is 16.8 Å². The Balaban J connectivity index is 2.55. The maximum absolute atomic E-state index is 12.3. The van der Waals surface area contributed by atoms with E-state index in [2.05, 4.69) is 19.7 Å². The van der Waals surface area contributed by atoms with Crippen molar-refractivity contribution in [1.82, 2.24) is 9.59 Å². The zero-order valence-corrected chi connectivity index (χ0v) is 13.1. The molecule has 0 radical (unpaired) electrons. The van der Waals surface area contributed by atoms with E-state index in [4.69, 9.17) is 5.84 Å². The SMILES string of the molecule is CS(=O)(=O)c1ccc(NN)c(S(=O)(=O)Nc2cnns2)c1. The molecule has 21 heavy (non-hydrogen) atoms. The Hall–Kier alpha value is -1.76. The number of sulfone groups is 1. The number of hydrazine groups is 1. The first-order valence-corrected chi connectivity index (χ1v) is 9.50. The second kappa shape index (κ2) is 5.55. The molecule has 0 amide bonds. The summed E-state index contributed by atoms with van der Waals surface area (Å²) in [6, 6.07) is 3.56. The first-order valence-electron chi connectivity index (χ1n) is 5.35.